The first kappa shape index (κ1) is 11.3. The zero-order chi connectivity index (χ0) is 9.90. The molecule has 1 unspecified atom stereocenters. The third-order valence-corrected chi connectivity index (χ3v) is 2.90. The van der Waals surface area contributed by atoms with Crippen molar-refractivity contribution >= 4 is 15.9 Å². The summed E-state index contributed by atoms with van der Waals surface area (Å²) in [5.74, 6) is 0. The van der Waals surface area contributed by atoms with Crippen LogP contribution in [0.3, 0.4) is 0 Å². The Balaban J connectivity index is 2.07. The van der Waals surface area contributed by atoms with Crippen LogP contribution in [0.5, 0.6) is 0 Å². The monoisotopic (exact) mass is 259 g/mol. The van der Waals surface area contributed by atoms with E-state index in [1.165, 1.54) is 0 Å². The maximum atomic E-state index is 11.8. The Kier molecular flexibility index (Phi) is 4.04. The van der Waals surface area contributed by atoms with E-state index in [0.29, 0.717) is 11.4 Å². The second-order valence-electron chi connectivity index (χ2n) is 3.41. The number of nitrogens with zero attached hydrogens (tertiary/aromatic N) is 1. The van der Waals surface area contributed by atoms with E-state index in [4.69, 9.17) is 0 Å². The lowest BCUT2D eigenvalue weighted by molar-refractivity contribution is -0.136. The fourth-order valence-electron chi connectivity index (χ4n) is 1.49. The lowest BCUT2D eigenvalue weighted by Crippen LogP contribution is -2.23. The molecule has 0 aliphatic carbocycles. The van der Waals surface area contributed by atoms with Gasteiger partial charge in [-0.15, -0.1) is 0 Å². The summed E-state index contributed by atoms with van der Waals surface area (Å²) >= 11 is 3.45. The van der Waals surface area contributed by atoms with Crippen LogP contribution in [-0.4, -0.2) is 35.5 Å². The Bertz CT molecular complexity index is 160. The molecule has 1 fully saturated rings. The van der Waals surface area contributed by atoms with Crippen LogP contribution in [0, 0.1) is 0 Å². The normalized spacial score (nSPS) is 25.4. The summed E-state index contributed by atoms with van der Waals surface area (Å²) in [7, 11) is 0. The molecule has 0 aromatic heterocycles. The van der Waals surface area contributed by atoms with Crippen molar-refractivity contribution in [1.82, 2.24) is 4.90 Å². The molecule has 1 rings (SSSR count). The van der Waals surface area contributed by atoms with Crippen molar-refractivity contribution in [3.05, 3.63) is 0 Å². The molecule has 1 saturated heterocycles. The van der Waals surface area contributed by atoms with Crippen molar-refractivity contribution in [1.29, 1.82) is 0 Å². The van der Waals surface area contributed by atoms with Crippen LogP contribution in [0.4, 0.5) is 13.2 Å². The van der Waals surface area contributed by atoms with Crippen LogP contribution in [-0.2, 0) is 0 Å². The Hall–Kier alpha value is 0.230. The van der Waals surface area contributed by atoms with Gasteiger partial charge in [0.15, 0.2) is 0 Å². The summed E-state index contributed by atoms with van der Waals surface area (Å²) in [4.78, 5) is 2.55. The Morgan fingerprint density at radius 3 is 2.54 bits per heavy atom. The summed E-state index contributed by atoms with van der Waals surface area (Å²) in [5.41, 5.74) is 0. The Morgan fingerprint density at radius 1 is 1.38 bits per heavy atom. The van der Waals surface area contributed by atoms with Crippen molar-refractivity contribution in [2.75, 3.05) is 19.6 Å². The van der Waals surface area contributed by atoms with Crippen molar-refractivity contribution in [3.8, 4) is 0 Å². The highest BCUT2D eigenvalue weighted by Crippen LogP contribution is 2.23. The smallest absolute Gasteiger partial charge is 0.302 e. The largest absolute Gasteiger partial charge is 0.389 e. The summed E-state index contributed by atoms with van der Waals surface area (Å²) in [6.45, 7) is 2.38. The lowest BCUT2D eigenvalue weighted by atomic mass is 10.3. The van der Waals surface area contributed by atoms with E-state index >= 15 is 0 Å². The highest BCUT2D eigenvalue weighted by Gasteiger charge is 2.27. The Morgan fingerprint density at radius 2 is 2.08 bits per heavy atom. The van der Waals surface area contributed by atoms with Crippen LogP contribution in [0.2, 0.25) is 0 Å². The molecule has 1 heterocycles. The van der Waals surface area contributed by atoms with Gasteiger partial charge < -0.3 is 4.90 Å². The molecule has 0 saturated carbocycles. The third-order valence-electron chi connectivity index (χ3n) is 2.15. The average Bonchev–Trinajstić information content (AvgIpc) is 2.33. The molecule has 0 amide bonds. The van der Waals surface area contributed by atoms with E-state index < -0.39 is 12.6 Å². The van der Waals surface area contributed by atoms with Crippen LogP contribution in [0.25, 0.3) is 0 Å². The molecule has 0 aromatic carbocycles. The first-order valence-corrected chi connectivity index (χ1v) is 5.32. The molecule has 1 aliphatic rings. The zero-order valence-electron chi connectivity index (χ0n) is 7.28. The SMILES string of the molecule is FC(F)(F)CCCN1CCC(Br)C1. The highest BCUT2D eigenvalue weighted by atomic mass is 79.9. The quantitative estimate of drug-likeness (QED) is 0.705. The molecule has 0 bridgehead atoms. The van der Waals surface area contributed by atoms with Gasteiger partial charge in [-0.3, -0.25) is 0 Å². The molecule has 1 nitrogen and oxygen atoms in total. The number of alkyl halides is 4. The van der Waals surface area contributed by atoms with Gasteiger partial charge in [-0.1, -0.05) is 15.9 Å². The van der Waals surface area contributed by atoms with Crippen molar-refractivity contribution in [3.63, 3.8) is 0 Å². The number of likely N-dealkylation sites (tertiary alicyclic amines) is 1. The molecule has 1 aliphatic heterocycles. The first-order chi connectivity index (χ1) is 5.97. The van der Waals surface area contributed by atoms with E-state index in [1.807, 2.05) is 0 Å². The van der Waals surface area contributed by atoms with E-state index in [1.54, 1.807) is 0 Å². The molecular weight excluding hydrogens is 247 g/mol. The fourth-order valence-corrected chi connectivity index (χ4v) is 2.11. The molecule has 0 N–H and O–H groups in total. The highest BCUT2D eigenvalue weighted by molar-refractivity contribution is 9.09. The minimum atomic E-state index is -3.99. The van der Waals surface area contributed by atoms with Crippen LogP contribution < -0.4 is 0 Å². The van der Waals surface area contributed by atoms with Crippen molar-refractivity contribution in [2.45, 2.75) is 30.3 Å². The van der Waals surface area contributed by atoms with Gasteiger partial charge in [0, 0.05) is 17.8 Å². The van der Waals surface area contributed by atoms with E-state index in [-0.39, 0.29) is 6.42 Å². The number of hydrogen-bond acceptors (Lipinski definition) is 1. The number of halogens is 4. The van der Waals surface area contributed by atoms with Gasteiger partial charge in [0.1, 0.15) is 0 Å². The standard InChI is InChI=1S/C8H13BrF3N/c9-7-2-5-13(6-7)4-1-3-8(10,11)12/h7H,1-6H2. The van der Waals surface area contributed by atoms with Crippen LogP contribution >= 0.6 is 15.9 Å². The average molecular weight is 260 g/mol. The molecule has 0 spiro atoms. The molecule has 78 valence electrons. The maximum absolute atomic E-state index is 11.8. The zero-order valence-corrected chi connectivity index (χ0v) is 8.87. The second-order valence-corrected chi connectivity index (χ2v) is 4.70. The minimum Gasteiger partial charge on any atom is -0.302 e. The number of hydrogen-bond donors (Lipinski definition) is 0. The van der Waals surface area contributed by atoms with Crippen LogP contribution in [0.15, 0.2) is 0 Å². The summed E-state index contributed by atoms with van der Waals surface area (Å²) in [6.07, 6.45) is -3.38. The summed E-state index contributed by atoms with van der Waals surface area (Å²) in [5, 5.41) is 0. The predicted molar refractivity (Wildman–Crippen MR) is 49.1 cm³/mol. The van der Waals surface area contributed by atoms with E-state index in [9.17, 15) is 13.2 Å². The molecule has 0 radical (unpaired) electrons. The van der Waals surface area contributed by atoms with Gasteiger partial charge in [-0.05, 0) is 25.9 Å². The van der Waals surface area contributed by atoms with Crippen molar-refractivity contribution in [2.24, 2.45) is 0 Å². The maximum Gasteiger partial charge on any atom is 0.389 e. The molecule has 5 heteroatoms. The van der Waals surface area contributed by atoms with Gasteiger partial charge in [0.2, 0.25) is 0 Å². The van der Waals surface area contributed by atoms with E-state index in [0.717, 1.165) is 19.5 Å². The van der Waals surface area contributed by atoms with Gasteiger partial charge >= 0.3 is 6.18 Å². The summed E-state index contributed by atoms with van der Waals surface area (Å²) in [6, 6.07) is 0. The predicted octanol–water partition coefficient (Wildman–Crippen LogP) is 2.80. The molecular formula is C8H13BrF3N. The third kappa shape index (κ3) is 4.86. The Labute approximate surface area is 84.4 Å². The van der Waals surface area contributed by atoms with E-state index in [2.05, 4.69) is 20.8 Å². The fraction of sp³-hybridized carbons (Fsp3) is 1.00. The van der Waals surface area contributed by atoms with Gasteiger partial charge in [-0.25, -0.2) is 0 Å². The first-order valence-electron chi connectivity index (χ1n) is 4.40. The van der Waals surface area contributed by atoms with Gasteiger partial charge in [-0.2, -0.15) is 13.2 Å². The minimum absolute atomic E-state index is 0.225. The molecule has 1 atom stereocenters. The summed E-state index contributed by atoms with van der Waals surface area (Å²) < 4.78 is 35.3. The second kappa shape index (κ2) is 4.64. The van der Waals surface area contributed by atoms with Gasteiger partial charge in [0.05, 0.1) is 0 Å². The lowest BCUT2D eigenvalue weighted by Gasteiger charge is -2.15. The van der Waals surface area contributed by atoms with Crippen LogP contribution in [0.1, 0.15) is 19.3 Å². The topological polar surface area (TPSA) is 3.24 Å². The molecule has 0 aromatic rings. The van der Waals surface area contributed by atoms with Crippen molar-refractivity contribution < 1.29 is 13.2 Å². The molecule has 13 heavy (non-hydrogen) atoms. The number of rotatable bonds is 3. The van der Waals surface area contributed by atoms with Gasteiger partial charge in [0.25, 0.3) is 0 Å².